The summed E-state index contributed by atoms with van der Waals surface area (Å²) < 4.78 is 16.5. The molecule has 0 saturated heterocycles. The predicted molar refractivity (Wildman–Crippen MR) is 686 cm³/mol. The quantitative estimate of drug-likeness (QED) is 0.0527. The Hall–Kier alpha value is 11.2. The second-order valence-electron chi connectivity index (χ2n) is 29.9. The van der Waals surface area contributed by atoms with Crippen LogP contribution in [0.25, 0.3) is 0 Å². The molecule has 16 aromatic rings. The van der Waals surface area contributed by atoms with Crippen molar-refractivity contribution in [3.8, 4) is 0 Å². The van der Waals surface area contributed by atoms with Crippen LogP contribution in [0.5, 0.6) is 0 Å². The molecule has 0 saturated carbocycles. The van der Waals surface area contributed by atoms with Gasteiger partial charge in [0.05, 0.1) is 70.5 Å². The molecule has 0 atom stereocenters. The first-order valence-corrected chi connectivity index (χ1v) is 69.7. The minimum atomic E-state index is -0.224. The van der Waals surface area contributed by atoms with Gasteiger partial charge in [-0.05, 0) is 99.9 Å². The van der Waals surface area contributed by atoms with E-state index < -0.39 is 0 Å². The standard InChI is InChI=1S/4C12H19P.12C6H6Te.10Hg.4HTe/c4*1-3-10-13(11-4-2)12-8-6-5-7-9-12;12*7-6-4-2-1-3-5-6;;;;;;;;;;;;;;/h4*5-9H,3-4,10-11H2,1-2H3;12*1-5,7H;;;;;;;;;;;4*1H/p+4. The molecule has 0 bridgehead atoms. The first-order chi connectivity index (χ1) is 66.2. The molecule has 0 heterocycles. The zero-order valence-corrected chi connectivity index (χ0v) is 190. The van der Waals surface area contributed by atoms with E-state index in [0.717, 1.165) is 0 Å². The summed E-state index contributed by atoms with van der Waals surface area (Å²) in [6.07, 6.45) is 22.2. The predicted octanol–water partition coefficient (Wildman–Crippen LogP) is 13.3. The summed E-state index contributed by atoms with van der Waals surface area (Å²) in [7, 11) is -0.896. The molecule has 0 aliphatic heterocycles. The van der Waals surface area contributed by atoms with Gasteiger partial charge in [0.15, 0.2) is 0 Å². The molecule has 768 valence electrons. The van der Waals surface area contributed by atoms with Gasteiger partial charge in [0.1, 0.15) is 0 Å². The van der Waals surface area contributed by atoms with Crippen LogP contribution in [-0.2, 0) is 277 Å². The first kappa shape index (κ1) is 191. The van der Waals surface area contributed by atoms with Crippen molar-refractivity contribution >= 4 is 458 Å². The first-order valence-electron chi connectivity index (χ1n) is 46.7. The zero-order chi connectivity index (χ0) is 99.4. The van der Waals surface area contributed by atoms with Crippen molar-refractivity contribution in [3.63, 3.8) is 0 Å². The van der Waals surface area contributed by atoms with Crippen molar-refractivity contribution in [2.75, 3.05) is 49.3 Å². The van der Waals surface area contributed by atoms with Crippen molar-refractivity contribution in [3.05, 3.63) is 485 Å². The maximum absolute atomic E-state index is 2.31. The van der Waals surface area contributed by atoms with E-state index in [1.807, 2.05) is 218 Å². The fourth-order valence-corrected chi connectivity index (χ4v) is 28.6. The molecule has 0 aliphatic rings. The monoisotopic (exact) mass is 5820 g/mol. The van der Waals surface area contributed by atoms with Crippen LogP contribution >= 0.6 is 31.7 Å². The molecule has 0 N–H and O–H groups in total. The number of benzene rings is 16. The third kappa shape index (κ3) is 124. The molecule has 0 amide bonds. The summed E-state index contributed by atoms with van der Waals surface area (Å²) in [5.41, 5.74) is 0. The molecule has 150 heavy (non-hydrogen) atoms. The van der Waals surface area contributed by atoms with Crippen LogP contribution in [-0.4, -0.2) is 412 Å². The number of rotatable bonds is 20. The van der Waals surface area contributed by atoms with Crippen molar-refractivity contribution in [1.82, 2.24) is 0 Å². The van der Waals surface area contributed by atoms with E-state index in [-0.39, 0.29) is 403 Å². The van der Waals surface area contributed by atoms with E-state index in [1.54, 1.807) is 289 Å². The van der Waals surface area contributed by atoms with Gasteiger partial charge in [-0.3, -0.25) is 0 Å². The van der Waals surface area contributed by atoms with Crippen LogP contribution in [0.15, 0.2) is 485 Å². The molecule has 16 rings (SSSR count). The molecule has 0 spiro atoms. The fourth-order valence-electron chi connectivity index (χ4n) is 11.9. The van der Waals surface area contributed by atoms with Gasteiger partial charge in [-0.1, -0.05) is 128 Å². The van der Waals surface area contributed by atoms with Crippen LogP contribution < -0.4 is 64.6 Å². The van der Waals surface area contributed by atoms with Gasteiger partial charge in [0, 0.05) is 308 Å². The Morgan fingerprint density at radius 2 is 0.173 bits per heavy atom. The van der Waals surface area contributed by atoms with Gasteiger partial charge in [0.25, 0.3) is 0 Å². The van der Waals surface area contributed by atoms with E-state index in [0.29, 0.717) is 0 Å². The molecule has 16 aromatic carbocycles. The van der Waals surface area contributed by atoms with E-state index in [1.165, 1.54) is 144 Å². The molecule has 30 heteroatoms. The molecule has 0 aromatic heterocycles. The third-order valence-electron chi connectivity index (χ3n) is 18.2. The Morgan fingerprint density at radius 3 is 0.220 bits per heavy atom. The molecule has 0 aliphatic carbocycles. The third-order valence-corrected chi connectivity index (χ3v) is 41.9. The Bertz CT molecular complexity index is 4140. The van der Waals surface area contributed by atoms with Gasteiger partial charge < -0.3 is 0 Å². The molecule has 0 fully saturated rings. The van der Waals surface area contributed by atoms with Gasteiger partial charge in [-0.2, -0.15) is 0 Å². The van der Waals surface area contributed by atoms with E-state index in [2.05, 4.69) is 322 Å². The molecular formula is C120H156Hg10P4Te16+4. The fraction of sp³-hybridized carbons (Fsp3) is 0.200. The summed E-state index contributed by atoms with van der Waals surface area (Å²) in [6.45, 7) is 18.4. The summed E-state index contributed by atoms with van der Waals surface area (Å²) in [5, 5.41) is 6.49. The Balaban J connectivity index is -0.000000110. The number of hydrogen-bond donors (Lipinski definition) is 0. The van der Waals surface area contributed by atoms with E-state index in [4.69, 9.17) is 0 Å². The average Bonchev–Trinajstić information content (AvgIpc) is 0.911. The van der Waals surface area contributed by atoms with Crippen molar-refractivity contribution < 1.29 is 277 Å². The van der Waals surface area contributed by atoms with Crippen LogP contribution in [0.2, 0.25) is 0 Å². The van der Waals surface area contributed by atoms with Crippen LogP contribution in [0, 0.1) is 0 Å². The summed E-state index contributed by atoms with van der Waals surface area (Å²) in [6, 6.07) is 168. The second-order valence-corrected chi connectivity index (χ2v) is 58.7. The topological polar surface area (TPSA) is 0 Å². The minimum absolute atomic E-state index is 0. The van der Waals surface area contributed by atoms with Gasteiger partial charge in [0.2, 0.25) is 0 Å². The van der Waals surface area contributed by atoms with Crippen molar-refractivity contribution in [1.29, 1.82) is 0 Å². The van der Waals surface area contributed by atoms with E-state index >= 15 is 0 Å². The Kier molecular flexibility index (Phi) is 185. The summed E-state index contributed by atoms with van der Waals surface area (Å²) in [5.74, 6) is 0. The number of hydrogen-bond acceptors (Lipinski definition) is 0. The molecule has 0 unspecified atom stereocenters. The van der Waals surface area contributed by atoms with Crippen LogP contribution in [0.4, 0.5) is 0 Å². The van der Waals surface area contributed by atoms with E-state index in [9.17, 15) is 0 Å². The van der Waals surface area contributed by atoms with Crippen molar-refractivity contribution in [2.24, 2.45) is 0 Å². The zero-order valence-electron chi connectivity index (χ0n) is 89.7. The van der Waals surface area contributed by atoms with Crippen LogP contribution in [0.3, 0.4) is 0 Å². The Labute approximate surface area is 1350 Å². The van der Waals surface area contributed by atoms with Gasteiger partial charge in [-0.15, -0.1) is 0 Å². The van der Waals surface area contributed by atoms with Crippen LogP contribution in [0.1, 0.15) is 107 Å². The molecule has 4 radical (unpaired) electrons. The van der Waals surface area contributed by atoms with Crippen molar-refractivity contribution in [2.45, 2.75) is 107 Å². The van der Waals surface area contributed by atoms with Gasteiger partial charge in [-0.25, -0.2) is 0 Å². The average molecular weight is 5770 g/mol. The normalized spacial score (nSPS) is 8.59. The molecule has 0 nitrogen and oxygen atoms in total. The van der Waals surface area contributed by atoms with Gasteiger partial charge >= 0.3 is 770 Å². The summed E-state index contributed by atoms with van der Waals surface area (Å²) >= 11 is 21.1. The SMILES string of the molecule is CCC[PH+](CCC)c1ccccc1.CCC[PH+](CCC)c1ccccc1.CCC[PH+](CCC)c1ccccc1.CCC[PH+](CCC)c1ccccc1.[Hg].[Hg].[Hg].[Hg].[Hg].[Hg].[Hg].[Hg].[Hg].[Hg].[TeH].[TeH].[TeH].[TeH].[TeH]c1ccccc1.[TeH]c1ccccc1.[TeH]c1ccccc1.[TeH]c1ccccc1.[TeH]c1ccccc1.[TeH]c1ccccc1.[TeH]c1ccccc1.[TeH]c1ccccc1.[TeH]c1ccccc1.[TeH]c1ccccc1.[TeH]c1ccccc1.[TeH]c1ccccc1. The second kappa shape index (κ2) is 145. The maximum atomic E-state index is 2.31. The Morgan fingerprint density at radius 1 is 0.113 bits per heavy atom. The summed E-state index contributed by atoms with van der Waals surface area (Å²) in [4.78, 5) is 0. The molecular weight excluding hydrogens is 5610 g/mol.